The molecule has 0 radical (unpaired) electrons. The second-order valence-corrected chi connectivity index (χ2v) is 5.48. The first-order chi connectivity index (χ1) is 12.5. The summed E-state index contributed by atoms with van der Waals surface area (Å²) in [4.78, 5) is 13.6. The zero-order chi connectivity index (χ0) is 18.9. The Balaban J connectivity index is 2.05. The van der Waals surface area contributed by atoms with Gasteiger partial charge >= 0.3 is 0 Å². The van der Waals surface area contributed by atoms with Gasteiger partial charge in [-0.3, -0.25) is 4.79 Å². The highest BCUT2D eigenvalue weighted by molar-refractivity contribution is 5.91. The van der Waals surface area contributed by atoms with Crippen molar-refractivity contribution >= 4 is 12.0 Å². The molecule has 0 unspecified atom stereocenters. The van der Waals surface area contributed by atoms with Gasteiger partial charge in [-0.15, -0.1) is 0 Å². The van der Waals surface area contributed by atoms with Gasteiger partial charge in [-0.05, 0) is 29.8 Å². The lowest BCUT2D eigenvalue weighted by atomic mass is 10.1. The van der Waals surface area contributed by atoms with E-state index >= 15 is 0 Å². The molecule has 0 bridgehead atoms. The number of halogens is 1. The molecular formula is C20H19FN2O3. The fourth-order valence-corrected chi connectivity index (χ4v) is 2.27. The van der Waals surface area contributed by atoms with Crippen molar-refractivity contribution in [2.45, 2.75) is 6.54 Å². The van der Waals surface area contributed by atoms with Gasteiger partial charge in [-0.2, -0.15) is 5.26 Å². The van der Waals surface area contributed by atoms with Crippen LogP contribution in [0.2, 0.25) is 0 Å². The second kappa shape index (κ2) is 9.23. The second-order valence-electron chi connectivity index (χ2n) is 5.48. The molecule has 0 aliphatic carbocycles. The fraction of sp³-hybridized carbons (Fsp3) is 0.200. The van der Waals surface area contributed by atoms with Gasteiger partial charge in [0.1, 0.15) is 11.9 Å². The van der Waals surface area contributed by atoms with E-state index in [-0.39, 0.29) is 24.9 Å². The Kier molecular flexibility index (Phi) is 6.75. The van der Waals surface area contributed by atoms with E-state index in [9.17, 15) is 9.18 Å². The van der Waals surface area contributed by atoms with Crippen molar-refractivity contribution < 1.29 is 18.7 Å². The molecule has 0 spiro atoms. The quantitative estimate of drug-likeness (QED) is 0.715. The summed E-state index contributed by atoms with van der Waals surface area (Å²) >= 11 is 0. The van der Waals surface area contributed by atoms with Gasteiger partial charge in [0.15, 0.2) is 18.1 Å². The maximum Gasteiger partial charge on any atom is 0.246 e. The van der Waals surface area contributed by atoms with Crippen molar-refractivity contribution in [3.8, 4) is 17.6 Å². The summed E-state index contributed by atoms with van der Waals surface area (Å²) < 4.78 is 24.1. The van der Waals surface area contributed by atoms with E-state index in [1.807, 2.05) is 6.07 Å². The van der Waals surface area contributed by atoms with E-state index in [2.05, 4.69) is 0 Å². The van der Waals surface area contributed by atoms with Crippen LogP contribution >= 0.6 is 0 Å². The molecule has 2 aromatic carbocycles. The van der Waals surface area contributed by atoms with Crippen molar-refractivity contribution in [3.05, 3.63) is 65.5 Å². The number of likely N-dealkylation sites (N-methyl/N-ethyl adjacent to an activating group) is 1. The van der Waals surface area contributed by atoms with Crippen molar-refractivity contribution in [1.82, 2.24) is 4.90 Å². The Morgan fingerprint density at radius 1 is 1.27 bits per heavy atom. The summed E-state index contributed by atoms with van der Waals surface area (Å²) in [6, 6.07) is 13.4. The summed E-state index contributed by atoms with van der Waals surface area (Å²) in [5.41, 5.74) is 1.19. The number of methoxy groups -OCH3 is 1. The summed E-state index contributed by atoms with van der Waals surface area (Å²) in [6.45, 7) is 0.102. The molecule has 0 atom stereocenters. The molecule has 0 aromatic heterocycles. The topological polar surface area (TPSA) is 62.6 Å². The Morgan fingerprint density at radius 3 is 2.73 bits per heavy atom. The predicted octanol–water partition coefficient (Wildman–Crippen LogP) is 3.41. The van der Waals surface area contributed by atoms with Crippen LogP contribution in [0, 0.1) is 17.1 Å². The number of rotatable bonds is 7. The number of benzene rings is 2. The van der Waals surface area contributed by atoms with Crippen LogP contribution in [-0.2, 0) is 11.3 Å². The van der Waals surface area contributed by atoms with Crippen molar-refractivity contribution in [2.24, 2.45) is 0 Å². The van der Waals surface area contributed by atoms with Crippen LogP contribution in [0.4, 0.5) is 4.39 Å². The maximum absolute atomic E-state index is 13.7. The van der Waals surface area contributed by atoms with Gasteiger partial charge in [0.05, 0.1) is 7.11 Å². The number of hydrogen-bond donors (Lipinski definition) is 0. The minimum atomic E-state index is -0.339. The molecule has 6 heteroatoms. The monoisotopic (exact) mass is 354 g/mol. The number of nitriles is 1. The van der Waals surface area contributed by atoms with E-state index in [1.54, 1.807) is 49.5 Å². The molecule has 134 valence electrons. The first kappa shape index (κ1) is 19.0. The van der Waals surface area contributed by atoms with Crippen molar-refractivity contribution in [1.29, 1.82) is 5.26 Å². The zero-order valence-corrected chi connectivity index (χ0v) is 14.6. The number of nitrogens with zero attached hydrogens (tertiary/aromatic N) is 2. The molecule has 0 N–H and O–H groups in total. The Hall–Kier alpha value is -3.33. The van der Waals surface area contributed by atoms with Gasteiger partial charge in [0.25, 0.3) is 0 Å². The Bertz CT molecular complexity index is 843. The molecule has 2 aromatic rings. The minimum absolute atomic E-state index is 0.0785. The lowest BCUT2D eigenvalue weighted by Crippen LogP contribution is -2.24. The lowest BCUT2D eigenvalue weighted by molar-refractivity contribution is -0.125. The van der Waals surface area contributed by atoms with E-state index in [0.717, 1.165) is 5.56 Å². The summed E-state index contributed by atoms with van der Waals surface area (Å²) in [5.74, 6) is 0.328. The van der Waals surface area contributed by atoms with E-state index in [1.165, 1.54) is 24.2 Å². The molecule has 5 nitrogen and oxygen atoms in total. The van der Waals surface area contributed by atoms with Gasteiger partial charge < -0.3 is 14.4 Å². The van der Waals surface area contributed by atoms with E-state index in [0.29, 0.717) is 17.1 Å². The van der Waals surface area contributed by atoms with Crippen molar-refractivity contribution in [2.75, 3.05) is 20.8 Å². The normalized spacial score (nSPS) is 10.4. The molecule has 0 heterocycles. The van der Waals surface area contributed by atoms with Crippen LogP contribution in [0.15, 0.2) is 48.5 Å². The standard InChI is InChI=1S/C20H19FN2O3/c1-23(14-16-5-3-4-6-17(16)21)20(24)10-8-15-7-9-18(26-12-11-22)19(13-15)25-2/h3-10,13H,12,14H2,1-2H3/b10-8+. The molecule has 0 aliphatic heterocycles. The largest absolute Gasteiger partial charge is 0.493 e. The van der Waals surface area contributed by atoms with E-state index in [4.69, 9.17) is 14.7 Å². The SMILES string of the molecule is COc1cc(/C=C/C(=O)N(C)Cc2ccccc2F)ccc1OCC#N. The number of ether oxygens (including phenoxy) is 2. The number of hydrogen-bond acceptors (Lipinski definition) is 4. The van der Waals surface area contributed by atoms with Gasteiger partial charge in [-0.25, -0.2) is 4.39 Å². The molecule has 0 fully saturated rings. The highest BCUT2D eigenvalue weighted by Gasteiger charge is 2.09. The summed E-state index contributed by atoms with van der Waals surface area (Å²) in [5, 5.41) is 8.57. The zero-order valence-electron chi connectivity index (χ0n) is 14.6. The highest BCUT2D eigenvalue weighted by atomic mass is 19.1. The highest BCUT2D eigenvalue weighted by Crippen LogP contribution is 2.28. The van der Waals surface area contributed by atoms with Crippen LogP contribution < -0.4 is 9.47 Å². The summed E-state index contributed by atoms with van der Waals surface area (Å²) in [7, 11) is 3.11. The van der Waals surface area contributed by atoms with Gasteiger partial charge in [0.2, 0.25) is 5.91 Å². The molecule has 0 saturated heterocycles. The average molecular weight is 354 g/mol. The molecule has 1 amide bonds. The smallest absolute Gasteiger partial charge is 0.246 e. The Labute approximate surface area is 151 Å². The molecule has 26 heavy (non-hydrogen) atoms. The van der Waals surface area contributed by atoms with Gasteiger partial charge in [-0.1, -0.05) is 24.3 Å². The number of carbonyl (C=O) groups is 1. The fourth-order valence-electron chi connectivity index (χ4n) is 2.27. The minimum Gasteiger partial charge on any atom is -0.493 e. The lowest BCUT2D eigenvalue weighted by Gasteiger charge is -2.15. The van der Waals surface area contributed by atoms with Crippen LogP contribution in [0.3, 0.4) is 0 Å². The molecular weight excluding hydrogens is 335 g/mol. The van der Waals surface area contributed by atoms with Crippen LogP contribution in [0.1, 0.15) is 11.1 Å². The number of amides is 1. The maximum atomic E-state index is 13.7. The van der Waals surface area contributed by atoms with E-state index < -0.39 is 0 Å². The Morgan fingerprint density at radius 2 is 2.04 bits per heavy atom. The molecule has 0 saturated carbocycles. The molecule has 0 aliphatic rings. The van der Waals surface area contributed by atoms with Crippen LogP contribution in [-0.4, -0.2) is 31.6 Å². The third-order valence-electron chi connectivity index (χ3n) is 3.64. The van der Waals surface area contributed by atoms with Crippen molar-refractivity contribution in [3.63, 3.8) is 0 Å². The third-order valence-corrected chi connectivity index (χ3v) is 3.64. The first-order valence-electron chi connectivity index (χ1n) is 7.89. The average Bonchev–Trinajstić information content (AvgIpc) is 2.66. The van der Waals surface area contributed by atoms with Gasteiger partial charge in [0, 0.05) is 25.2 Å². The molecule has 2 rings (SSSR count). The van der Waals surface area contributed by atoms with Crippen LogP contribution in [0.25, 0.3) is 6.08 Å². The number of carbonyl (C=O) groups excluding carboxylic acids is 1. The first-order valence-corrected chi connectivity index (χ1v) is 7.89. The summed E-state index contributed by atoms with van der Waals surface area (Å²) in [6.07, 6.45) is 3.04. The predicted molar refractivity (Wildman–Crippen MR) is 96.0 cm³/mol. The third kappa shape index (κ3) is 5.08. The van der Waals surface area contributed by atoms with Crippen LogP contribution in [0.5, 0.6) is 11.5 Å².